The first kappa shape index (κ1) is 20.2. The molecule has 8 heteroatoms. The Bertz CT molecular complexity index is 1170. The van der Waals surface area contributed by atoms with Gasteiger partial charge >= 0.3 is 0 Å². The Hall–Kier alpha value is -3.10. The fraction of sp³-hybridized carbons (Fsp3) is 0.136. The van der Waals surface area contributed by atoms with Gasteiger partial charge in [0.2, 0.25) is 0 Å². The normalized spacial score (nSPS) is 10.8. The number of hydrogen-bond donors (Lipinski definition) is 1. The van der Waals surface area contributed by atoms with Crippen LogP contribution in [-0.4, -0.2) is 25.8 Å². The van der Waals surface area contributed by atoms with Gasteiger partial charge in [0.05, 0.1) is 11.4 Å². The van der Waals surface area contributed by atoms with Gasteiger partial charge in [-0.25, -0.2) is 15.0 Å². The molecule has 30 heavy (non-hydrogen) atoms. The van der Waals surface area contributed by atoms with E-state index < -0.39 is 0 Å². The molecular formula is C22H19N5OS2. The van der Waals surface area contributed by atoms with E-state index in [1.807, 2.05) is 69.3 Å². The zero-order chi connectivity index (χ0) is 21.1. The molecule has 0 radical (unpaired) electrons. The van der Waals surface area contributed by atoms with Gasteiger partial charge in [-0.05, 0) is 75.0 Å². The first-order chi connectivity index (χ1) is 14.5. The molecule has 0 aliphatic carbocycles. The van der Waals surface area contributed by atoms with Crippen molar-refractivity contribution in [2.45, 2.75) is 30.8 Å². The molecule has 6 nitrogen and oxygen atoms in total. The Morgan fingerprint density at radius 2 is 1.70 bits per heavy atom. The summed E-state index contributed by atoms with van der Waals surface area (Å²) in [6.07, 6.45) is 1.72. The van der Waals surface area contributed by atoms with Crippen molar-refractivity contribution in [1.82, 2.24) is 19.9 Å². The van der Waals surface area contributed by atoms with Crippen molar-refractivity contribution in [1.29, 1.82) is 0 Å². The van der Waals surface area contributed by atoms with Gasteiger partial charge in [-0.2, -0.15) is 0 Å². The summed E-state index contributed by atoms with van der Waals surface area (Å²) in [6.45, 7) is 5.75. The van der Waals surface area contributed by atoms with Crippen molar-refractivity contribution in [2.24, 2.45) is 0 Å². The molecule has 4 aromatic rings. The van der Waals surface area contributed by atoms with E-state index in [-0.39, 0.29) is 5.91 Å². The summed E-state index contributed by atoms with van der Waals surface area (Å²) < 4.78 is 0. The molecular weight excluding hydrogens is 414 g/mol. The fourth-order valence-electron chi connectivity index (χ4n) is 2.84. The average molecular weight is 434 g/mol. The number of amides is 1. The number of aryl methyl sites for hydroxylation is 3. The van der Waals surface area contributed by atoms with E-state index in [0.29, 0.717) is 15.7 Å². The zero-order valence-electron chi connectivity index (χ0n) is 16.7. The number of pyridine rings is 1. The van der Waals surface area contributed by atoms with Gasteiger partial charge in [0, 0.05) is 28.2 Å². The van der Waals surface area contributed by atoms with E-state index >= 15 is 0 Å². The van der Waals surface area contributed by atoms with Crippen molar-refractivity contribution in [2.75, 3.05) is 5.32 Å². The number of hydrogen-bond acceptors (Lipinski definition) is 7. The molecule has 1 aromatic carbocycles. The van der Waals surface area contributed by atoms with Crippen molar-refractivity contribution < 1.29 is 4.79 Å². The van der Waals surface area contributed by atoms with Crippen molar-refractivity contribution in [3.8, 4) is 10.7 Å². The van der Waals surface area contributed by atoms with Crippen LogP contribution < -0.4 is 5.32 Å². The lowest BCUT2D eigenvalue weighted by molar-refractivity contribution is 0.103. The molecule has 0 fully saturated rings. The van der Waals surface area contributed by atoms with E-state index in [0.717, 1.165) is 32.7 Å². The standard InChI is InChI=1S/C22H19N5OS2/c1-13-12-14(2)25-22(24-13)29-17-9-7-16(8-10-17)27-20(28)19-15(3)26-21(30-19)18-6-4-5-11-23-18/h4-12H,1-3H3,(H,27,28). The van der Waals surface area contributed by atoms with Crippen LogP contribution in [0.1, 0.15) is 26.8 Å². The largest absolute Gasteiger partial charge is 0.321 e. The van der Waals surface area contributed by atoms with Crippen LogP contribution in [0.5, 0.6) is 0 Å². The maximum atomic E-state index is 12.7. The highest BCUT2D eigenvalue weighted by atomic mass is 32.2. The quantitative estimate of drug-likeness (QED) is 0.429. The van der Waals surface area contributed by atoms with Gasteiger partial charge in [0.1, 0.15) is 9.88 Å². The number of thiazole rings is 1. The summed E-state index contributed by atoms with van der Waals surface area (Å²) in [4.78, 5) is 32.0. The minimum Gasteiger partial charge on any atom is -0.321 e. The van der Waals surface area contributed by atoms with Crippen LogP contribution in [0.15, 0.2) is 64.8 Å². The van der Waals surface area contributed by atoms with Crippen LogP contribution in [-0.2, 0) is 0 Å². The molecule has 1 N–H and O–H groups in total. The number of anilines is 1. The van der Waals surface area contributed by atoms with E-state index in [2.05, 4.69) is 25.3 Å². The molecule has 0 saturated carbocycles. The lowest BCUT2D eigenvalue weighted by Crippen LogP contribution is -2.11. The molecule has 150 valence electrons. The predicted molar refractivity (Wildman–Crippen MR) is 120 cm³/mol. The molecule has 0 bridgehead atoms. The second-order valence-electron chi connectivity index (χ2n) is 6.66. The van der Waals surface area contributed by atoms with Crippen LogP contribution in [0.25, 0.3) is 10.7 Å². The Morgan fingerprint density at radius 3 is 2.37 bits per heavy atom. The SMILES string of the molecule is Cc1cc(C)nc(Sc2ccc(NC(=O)c3sc(-c4ccccn4)nc3C)cc2)n1. The van der Waals surface area contributed by atoms with E-state index in [1.54, 1.807) is 6.20 Å². The number of aromatic nitrogens is 4. The van der Waals surface area contributed by atoms with Gasteiger partial charge < -0.3 is 5.32 Å². The predicted octanol–water partition coefficient (Wildman–Crippen LogP) is 5.32. The summed E-state index contributed by atoms with van der Waals surface area (Å²) in [7, 11) is 0. The molecule has 3 aromatic heterocycles. The highest BCUT2D eigenvalue weighted by Crippen LogP contribution is 2.29. The van der Waals surface area contributed by atoms with Gasteiger partial charge in [-0.3, -0.25) is 9.78 Å². The molecule has 4 rings (SSSR count). The van der Waals surface area contributed by atoms with Crippen LogP contribution >= 0.6 is 23.1 Å². The van der Waals surface area contributed by atoms with Gasteiger partial charge in [-0.1, -0.05) is 6.07 Å². The minimum atomic E-state index is -0.176. The van der Waals surface area contributed by atoms with E-state index in [1.165, 1.54) is 23.1 Å². The first-order valence-corrected chi connectivity index (χ1v) is 10.9. The highest BCUT2D eigenvalue weighted by Gasteiger charge is 2.17. The van der Waals surface area contributed by atoms with Crippen molar-refractivity contribution in [3.63, 3.8) is 0 Å². The molecule has 0 spiro atoms. The summed E-state index contributed by atoms with van der Waals surface area (Å²) in [5.41, 5.74) is 4.06. The molecule has 3 heterocycles. The minimum absolute atomic E-state index is 0.176. The Labute approximate surface area is 182 Å². The number of nitrogens with one attached hydrogen (secondary N) is 1. The monoisotopic (exact) mass is 433 g/mol. The van der Waals surface area contributed by atoms with Crippen LogP contribution in [0.3, 0.4) is 0 Å². The van der Waals surface area contributed by atoms with Gasteiger partial charge in [-0.15, -0.1) is 11.3 Å². The van der Waals surface area contributed by atoms with Crippen LogP contribution in [0.2, 0.25) is 0 Å². The number of rotatable bonds is 5. The summed E-state index contributed by atoms with van der Waals surface area (Å²) in [6, 6.07) is 15.2. The zero-order valence-corrected chi connectivity index (χ0v) is 18.3. The average Bonchev–Trinajstić information content (AvgIpc) is 3.11. The third-order valence-electron chi connectivity index (χ3n) is 4.17. The third kappa shape index (κ3) is 4.72. The lowest BCUT2D eigenvalue weighted by Gasteiger charge is -2.06. The van der Waals surface area contributed by atoms with Crippen molar-refractivity contribution >= 4 is 34.7 Å². The fourth-order valence-corrected chi connectivity index (χ4v) is 4.65. The van der Waals surface area contributed by atoms with Gasteiger partial charge in [0.15, 0.2) is 5.16 Å². The summed E-state index contributed by atoms with van der Waals surface area (Å²) in [5, 5.41) is 4.39. The molecule has 0 aliphatic heterocycles. The third-order valence-corrected chi connectivity index (χ3v) is 6.22. The molecule has 0 atom stereocenters. The topological polar surface area (TPSA) is 80.7 Å². The number of carbonyl (C=O) groups excluding carboxylic acids is 1. The maximum absolute atomic E-state index is 12.7. The summed E-state index contributed by atoms with van der Waals surface area (Å²) >= 11 is 2.83. The van der Waals surface area contributed by atoms with E-state index in [4.69, 9.17) is 0 Å². The molecule has 1 amide bonds. The molecule has 0 saturated heterocycles. The molecule has 0 unspecified atom stereocenters. The lowest BCUT2D eigenvalue weighted by atomic mass is 10.3. The van der Waals surface area contributed by atoms with Crippen LogP contribution in [0.4, 0.5) is 5.69 Å². The summed E-state index contributed by atoms with van der Waals surface area (Å²) in [5.74, 6) is -0.176. The highest BCUT2D eigenvalue weighted by molar-refractivity contribution is 7.99. The number of benzene rings is 1. The second-order valence-corrected chi connectivity index (χ2v) is 8.70. The Balaban J connectivity index is 1.46. The number of nitrogens with zero attached hydrogens (tertiary/aromatic N) is 4. The van der Waals surface area contributed by atoms with Crippen LogP contribution in [0, 0.1) is 20.8 Å². The van der Waals surface area contributed by atoms with Gasteiger partial charge in [0.25, 0.3) is 5.91 Å². The second kappa shape index (κ2) is 8.73. The number of carbonyl (C=O) groups is 1. The van der Waals surface area contributed by atoms with E-state index in [9.17, 15) is 4.79 Å². The first-order valence-electron chi connectivity index (χ1n) is 9.28. The smallest absolute Gasteiger partial charge is 0.267 e. The molecule has 0 aliphatic rings. The Morgan fingerprint density at radius 1 is 0.967 bits per heavy atom. The Kier molecular flexibility index (Phi) is 5.87. The van der Waals surface area contributed by atoms with Crippen molar-refractivity contribution in [3.05, 3.63) is 76.7 Å². The maximum Gasteiger partial charge on any atom is 0.267 e.